The van der Waals surface area contributed by atoms with Gasteiger partial charge in [-0.3, -0.25) is 4.98 Å². The number of halogens is 2. The maximum absolute atomic E-state index is 11.4. The van der Waals surface area contributed by atoms with E-state index in [2.05, 4.69) is 19.9 Å². The maximum Gasteiger partial charge on any atom is 0.339 e. The van der Waals surface area contributed by atoms with Crippen LogP contribution in [0.2, 0.25) is 0 Å². The number of carbonyl (C=O) groups excluding carboxylic acids is 1. The molecule has 7 heteroatoms. The number of carbonyl (C=O) groups is 1. The van der Waals surface area contributed by atoms with Gasteiger partial charge in [-0.2, -0.15) is 0 Å². The predicted molar refractivity (Wildman–Crippen MR) is 75.2 cm³/mol. The molecule has 0 atom stereocenters. The maximum atomic E-state index is 11.4. The van der Waals surface area contributed by atoms with Crippen molar-refractivity contribution in [2.24, 2.45) is 0 Å². The number of hydrogen-bond acceptors (Lipinski definition) is 5. The fraction of sp³-hybridized carbons (Fsp3) is 0.455. The third kappa shape index (κ3) is 4.01. The smallest absolute Gasteiger partial charge is 0.339 e. The second-order valence-corrected chi connectivity index (χ2v) is 3.66. The van der Waals surface area contributed by atoms with Gasteiger partial charge in [-0.15, -0.1) is 24.8 Å². The Balaban J connectivity index is 0.00000144. The van der Waals surface area contributed by atoms with Gasteiger partial charge >= 0.3 is 5.97 Å². The Morgan fingerprint density at radius 1 is 1.33 bits per heavy atom. The molecule has 0 aromatic carbocycles. The molecule has 1 aromatic heterocycles. The first-order valence-corrected chi connectivity index (χ1v) is 5.30. The van der Waals surface area contributed by atoms with Gasteiger partial charge < -0.3 is 15.0 Å². The molecule has 1 aliphatic heterocycles. The van der Waals surface area contributed by atoms with Crippen molar-refractivity contribution in [3.63, 3.8) is 0 Å². The Morgan fingerprint density at radius 3 is 2.61 bits per heavy atom. The van der Waals surface area contributed by atoms with Crippen LogP contribution in [0.1, 0.15) is 10.4 Å². The quantitative estimate of drug-likeness (QED) is 0.828. The second-order valence-electron chi connectivity index (χ2n) is 3.66. The molecule has 1 aliphatic rings. The van der Waals surface area contributed by atoms with Crippen LogP contribution in [0.5, 0.6) is 0 Å². The normalized spacial score (nSPS) is 14.2. The fourth-order valence-electron chi connectivity index (χ4n) is 1.75. The molecular formula is C11H17Cl2N3O2. The highest BCUT2D eigenvalue weighted by Gasteiger charge is 2.13. The predicted octanol–water partition coefficient (Wildman–Crippen LogP) is 1.12. The molecule has 0 saturated carbocycles. The third-order valence-electron chi connectivity index (χ3n) is 2.63. The number of rotatable bonds is 2. The lowest BCUT2D eigenvalue weighted by molar-refractivity contribution is 0.0600. The van der Waals surface area contributed by atoms with Crippen molar-refractivity contribution in [2.45, 2.75) is 0 Å². The second kappa shape index (κ2) is 8.13. The molecule has 0 bridgehead atoms. The van der Waals surface area contributed by atoms with Gasteiger partial charge in [0.15, 0.2) is 0 Å². The van der Waals surface area contributed by atoms with Gasteiger partial charge in [0, 0.05) is 32.4 Å². The van der Waals surface area contributed by atoms with Gasteiger partial charge in [0.2, 0.25) is 0 Å². The SMILES string of the molecule is COC(=O)c1cncc(N2CCNCC2)c1.Cl.Cl. The average Bonchev–Trinajstić information content (AvgIpc) is 2.39. The number of nitrogens with zero attached hydrogens (tertiary/aromatic N) is 2. The molecule has 2 rings (SSSR count). The molecule has 0 aliphatic carbocycles. The summed E-state index contributed by atoms with van der Waals surface area (Å²) in [5, 5.41) is 3.28. The minimum Gasteiger partial charge on any atom is -0.465 e. The van der Waals surface area contributed by atoms with E-state index in [9.17, 15) is 4.79 Å². The summed E-state index contributed by atoms with van der Waals surface area (Å²) in [6, 6.07) is 1.82. The van der Waals surface area contributed by atoms with E-state index >= 15 is 0 Å². The van der Waals surface area contributed by atoms with Crippen LogP contribution in [-0.2, 0) is 4.74 Å². The van der Waals surface area contributed by atoms with E-state index in [-0.39, 0.29) is 30.8 Å². The molecule has 0 radical (unpaired) electrons. The van der Waals surface area contributed by atoms with Crippen LogP contribution in [0.4, 0.5) is 5.69 Å². The van der Waals surface area contributed by atoms with E-state index in [1.165, 1.54) is 13.3 Å². The van der Waals surface area contributed by atoms with E-state index in [4.69, 9.17) is 0 Å². The molecule has 1 fully saturated rings. The van der Waals surface area contributed by atoms with E-state index < -0.39 is 0 Å². The molecule has 1 N–H and O–H groups in total. The Kier molecular flexibility index (Phi) is 7.66. The Bertz CT molecular complexity index is 384. The molecule has 2 heterocycles. The molecule has 102 valence electrons. The third-order valence-corrected chi connectivity index (χ3v) is 2.63. The van der Waals surface area contributed by atoms with Crippen LogP contribution < -0.4 is 10.2 Å². The lowest BCUT2D eigenvalue weighted by Gasteiger charge is -2.29. The number of nitrogens with one attached hydrogen (secondary N) is 1. The summed E-state index contributed by atoms with van der Waals surface area (Å²) >= 11 is 0. The highest BCUT2D eigenvalue weighted by molar-refractivity contribution is 5.90. The summed E-state index contributed by atoms with van der Waals surface area (Å²) in [6.45, 7) is 3.80. The monoisotopic (exact) mass is 293 g/mol. The summed E-state index contributed by atoms with van der Waals surface area (Å²) in [4.78, 5) is 17.6. The summed E-state index contributed by atoms with van der Waals surface area (Å²) < 4.78 is 4.67. The van der Waals surface area contributed by atoms with Gasteiger partial charge in [-0.05, 0) is 6.07 Å². The van der Waals surface area contributed by atoms with Crippen molar-refractivity contribution >= 4 is 36.5 Å². The lowest BCUT2D eigenvalue weighted by atomic mass is 10.2. The first-order chi connectivity index (χ1) is 7.81. The molecule has 0 unspecified atom stereocenters. The van der Waals surface area contributed by atoms with Crippen molar-refractivity contribution < 1.29 is 9.53 Å². The van der Waals surface area contributed by atoms with Crippen LogP contribution in [0, 0.1) is 0 Å². The van der Waals surface area contributed by atoms with Crippen LogP contribution in [-0.4, -0.2) is 44.2 Å². The molecule has 0 amide bonds. The van der Waals surface area contributed by atoms with Crippen molar-refractivity contribution in [1.29, 1.82) is 0 Å². The van der Waals surface area contributed by atoms with E-state index in [1.54, 1.807) is 6.20 Å². The highest BCUT2D eigenvalue weighted by atomic mass is 35.5. The van der Waals surface area contributed by atoms with Gasteiger partial charge in [-0.25, -0.2) is 4.79 Å². The van der Waals surface area contributed by atoms with E-state index in [0.717, 1.165) is 31.9 Å². The van der Waals surface area contributed by atoms with Crippen LogP contribution in [0.25, 0.3) is 0 Å². The number of methoxy groups -OCH3 is 1. The number of anilines is 1. The lowest BCUT2D eigenvalue weighted by Crippen LogP contribution is -2.43. The summed E-state index contributed by atoms with van der Waals surface area (Å²) in [7, 11) is 1.37. The van der Waals surface area contributed by atoms with Gasteiger partial charge in [0.25, 0.3) is 0 Å². The Hall–Kier alpha value is -1.04. The van der Waals surface area contributed by atoms with Crippen LogP contribution in [0.15, 0.2) is 18.5 Å². The standard InChI is InChI=1S/C11H15N3O2.2ClH/c1-16-11(15)9-6-10(8-13-7-9)14-4-2-12-3-5-14;;/h6-8,12H,2-5H2,1H3;2*1H. The summed E-state index contributed by atoms with van der Waals surface area (Å²) in [6.07, 6.45) is 3.30. The highest BCUT2D eigenvalue weighted by Crippen LogP contribution is 2.15. The van der Waals surface area contributed by atoms with Crippen molar-refractivity contribution in [1.82, 2.24) is 10.3 Å². The number of aromatic nitrogens is 1. The molecule has 0 spiro atoms. The number of hydrogen-bond donors (Lipinski definition) is 1. The molecule has 5 nitrogen and oxygen atoms in total. The number of ether oxygens (including phenoxy) is 1. The fourth-order valence-corrected chi connectivity index (χ4v) is 1.75. The number of pyridine rings is 1. The first kappa shape index (κ1) is 17.0. The molecule has 18 heavy (non-hydrogen) atoms. The van der Waals surface area contributed by atoms with Gasteiger partial charge in [0.05, 0.1) is 24.6 Å². The number of piperazine rings is 1. The van der Waals surface area contributed by atoms with Crippen LogP contribution in [0.3, 0.4) is 0 Å². The van der Waals surface area contributed by atoms with Gasteiger partial charge in [-0.1, -0.05) is 0 Å². The van der Waals surface area contributed by atoms with Crippen LogP contribution >= 0.6 is 24.8 Å². The van der Waals surface area contributed by atoms with E-state index in [1.807, 2.05) is 6.07 Å². The Labute approximate surface area is 119 Å². The largest absolute Gasteiger partial charge is 0.465 e. The molecular weight excluding hydrogens is 277 g/mol. The zero-order valence-electron chi connectivity index (χ0n) is 10.1. The minimum atomic E-state index is -0.343. The Morgan fingerprint density at radius 2 is 2.00 bits per heavy atom. The summed E-state index contributed by atoms with van der Waals surface area (Å²) in [5.41, 5.74) is 1.47. The van der Waals surface area contributed by atoms with Gasteiger partial charge in [0.1, 0.15) is 0 Å². The molecule has 1 saturated heterocycles. The zero-order valence-corrected chi connectivity index (χ0v) is 11.7. The van der Waals surface area contributed by atoms with Crippen molar-refractivity contribution in [3.8, 4) is 0 Å². The zero-order chi connectivity index (χ0) is 11.4. The minimum absolute atomic E-state index is 0. The topological polar surface area (TPSA) is 54.5 Å². The summed E-state index contributed by atoms with van der Waals surface area (Å²) in [5.74, 6) is -0.343. The average molecular weight is 294 g/mol. The molecule has 1 aromatic rings. The number of esters is 1. The van der Waals surface area contributed by atoms with E-state index in [0.29, 0.717) is 5.56 Å². The van der Waals surface area contributed by atoms with Crippen molar-refractivity contribution in [3.05, 3.63) is 24.0 Å². The van der Waals surface area contributed by atoms with Crippen molar-refractivity contribution in [2.75, 3.05) is 38.2 Å². The first-order valence-electron chi connectivity index (χ1n) is 5.30.